The SMILES string of the molecule is Fc1cc(Br)cc(Br)c1.Fc1cc(N(c2ccccc2)c2ccccc2)cc(N(c2ccccc2)c2ccccc2)c1.O. The molecule has 0 aliphatic carbocycles. The Balaban J connectivity index is 0.000000365. The molecule has 0 saturated carbocycles. The zero-order chi connectivity index (χ0) is 29.3. The van der Waals surface area contributed by atoms with E-state index < -0.39 is 0 Å². The molecule has 0 heterocycles. The van der Waals surface area contributed by atoms with Gasteiger partial charge in [0, 0.05) is 31.7 Å². The standard InChI is InChI=1S/C30H23FN2.C6H3Br2F.H2O/c31-24-21-29(32(25-13-5-1-6-14-25)26-15-7-2-8-16-26)23-30(22-24)33(27-17-9-3-10-18-27)28-19-11-4-12-20-28;7-4-1-5(8)3-6(9)2-4;/h1-23H;1-3H;1H2. The summed E-state index contributed by atoms with van der Waals surface area (Å²) >= 11 is 6.29. The van der Waals surface area contributed by atoms with Gasteiger partial charge in [-0.05, 0) is 84.9 Å². The van der Waals surface area contributed by atoms with Crippen molar-refractivity contribution < 1.29 is 14.3 Å². The van der Waals surface area contributed by atoms with E-state index in [4.69, 9.17) is 0 Å². The Kier molecular flexibility index (Phi) is 11.2. The fourth-order valence-corrected chi connectivity index (χ4v) is 5.78. The number of halogens is 4. The summed E-state index contributed by atoms with van der Waals surface area (Å²) in [6, 6.07) is 49.9. The van der Waals surface area contributed by atoms with E-state index in [0.29, 0.717) is 0 Å². The lowest BCUT2D eigenvalue weighted by Crippen LogP contribution is -2.13. The molecule has 0 saturated heterocycles. The van der Waals surface area contributed by atoms with E-state index in [1.807, 2.05) is 127 Å². The quantitative estimate of drug-likeness (QED) is 0.173. The van der Waals surface area contributed by atoms with E-state index in [1.54, 1.807) is 18.2 Å². The predicted molar refractivity (Wildman–Crippen MR) is 181 cm³/mol. The molecule has 43 heavy (non-hydrogen) atoms. The summed E-state index contributed by atoms with van der Waals surface area (Å²) in [4.78, 5) is 4.14. The largest absolute Gasteiger partial charge is 0.412 e. The Morgan fingerprint density at radius 3 is 0.907 bits per heavy atom. The van der Waals surface area contributed by atoms with Gasteiger partial charge in [0.05, 0.1) is 11.4 Å². The first-order chi connectivity index (χ1) is 20.5. The first kappa shape index (κ1) is 31.6. The molecule has 0 radical (unpaired) electrons. The van der Waals surface area contributed by atoms with E-state index in [2.05, 4.69) is 41.7 Å². The van der Waals surface area contributed by atoms with Gasteiger partial charge in [0.25, 0.3) is 0 Å². The van der Waals surface area contributed by atoms with Gasteiger partial charge in [-0.2, -0.15) is 0 Å². The lowest BCUT2D eigenvalue weighted by Gasteiger charge is -2.29. The fourth-order valence-electron chi connectivity index (χ4n) is 4.54. The lowest BCUT2D eigenvalue weighted by molar-refractivity contribution is 0.626. The highest BCUT2D eigenvalue weighted by atomic mass is 79.9. The molecular formula is C36H28Br2F2N2O. The van der Waals surface area contributed by atoms with Crippen molar-refractivity contribution in [3.8, 4) is 0 Å². The van der Waals surface area contributed by atoms with Crippen molar-refractivity contribution in [3.63, 3.8) is 0 Å². The monoisotopic (exact) mass is 700 g/mol. The molecule has 0 atom stereocenters. The Hall–Kier alpha value is -4.30. The number of anilines is 6. The highest BCUT2D eigenvalue weighted by Gasteiger charge is 2.18. The number of benzene rings is 6. The Bertz CT molecular complexity index is 1490. The van der Waals surface area contributed by atoms with Crippen LogP contribution in [0, 0.1) is 11.6 Å². The van der Waals surface area contributed by atoms with Gasteiger partial charge < -0.3 is 15.3 Å². The first-order valence-corrected chi connectivity index (χ1v) is 14.8. The van der Waals surface area contributed by atoms with Gasteiger partial charge in [0.1, 0.15) is 11.6 Å². The number of nitrogens with zero attached hydrogens (tertiary/aromatic N) is 2. The molecule has 0 unspecified atom stereocenters. The molecule has 2 N–H and O–H groups in total. The van der Waals surface area contributed by atoms with Crippen LogP contribution < -0.4 is 9.80 Å². The van der Waals surface area contributed by atoms with Gasteiger partial charge in [0.15, 0.2) is 0 Å². The van der Waals surface area contributed by atoms with Crippen LogP contribution in [0.5, 0.6) is 0 Å². The summed E-state index contributed by atoms with van der Waals surface area (Å²) in [6.07, 6.45) is 0. The third-order valence-electron chi connectivity index (χ3n) is 6.27. The minimum absolute atomic E-state index is 0. The molecule has 216 valence electrons. The summed E-state index contributed by atoms with van der Waals surface area (Å²) in [5, 5.41) is 0. The summed E-state index contributed by atoms with van der Waals surface area (Å²) < 4.78 is 29.0. The molecule has 0 aliphatic rings. The zero-order valence-corrected chi connectivity index (χ0v) is 26.1. The second-order valence-electron chi connectivity index (χ2n) is 9.27. The average molecular weight is 702 g/mol. The van der Waals surface area contributed by atoms with Crippen molar-refractivity contribution in [1.82, 2.24) is 0 Å². The van der Waals surface area contributed by atoms with Crippen LogP contribution in [0.15, 0.2) is 167 Å². The number of hydrogen-bond donors (Lipinski definition) is 0. The molecule has 6 aromatic carbocycles. The maximum atomic E-state index is 15.2. The first-order valence-electron chi connectivity index (χ1n) is 13.2. The van der Waals surface area contributed by atoms with Crippen molar-refractivity contribution in [2.24, 2.45) is 0 Å². The molecule has 3 nitrogen and oxygen atoms in total. The van der Waals surface area contributed by atoms with Gasteiger partial charge >= 0.3 is 0 Å². The topological polar surface area (TPSA) is 38.0 Å². The van der Waals surface area contributed by atoms with Gasteiger partial charge in [-0.25, -0.2) is 8.78 Å². The molecule has 0 bridgehead atoms. The molecule has 0 fully saturated rings. The maximum Gasteiger partial charge on any atom is 0.127 e. The minimum atomic E-state index is -0.295. The number of para-hydroxylation sites is 4. The summed E-state index contributed by atoms with van der Waals surface area (Å²) in [6.45, 7) is 0. The van der Waals surface area contributed by atoms with Crippen molar-refractivity contribution in [2.75, 3.05) is 9.80 Å². The highest BCUT2D eigenvalue weighted by Crippen LogP contribution is 2.40. The van der Waals surface area contributed by atoms with E-state index in [9.17, 15) is 4.39 Å². The van der Waals surface area contributed by atoms with Crippen LogP contribution in [0.4, 0.5) is 42.9 Å². The van der Waals surface area contributed by atoms with Crippen LogP contribution in [-0.4, -0.2) is 5.48 Å². The van der Waals surface area contributed by atoms with Crippen LogP contribution in [0.25, 0.3) is 0 Å². The van der Waals surface area contributed by atoms with Crippen LogP contribution in [0.1, 0.15) is 0 Å². The fraction of sp³-hybridized carbons (Fsp3) is 0. The zero-order valence-electron chi connectivity index (χ0n) is 22.9. The molecule has 6 aromatic rings. The second kappa shape index (κ2) is 15.3. The van der Waals surface area contributed by atoms with Crippen LogP contribution >= 0.6 is 31.9 Å². The van der Waals surface area contributed by atoms with E-state index in [0.717, 1.165) is 43.1 Å². The summed E-state index contributed by atoms with van der Waals surface area (Å²) in [7, 11) is 0. The Labute approximate surface area is 267 Å². The van der Waals surface area contributed by atoms with Crippen molar-refractivity contribution in [2.45, 2.75) is 0 Å². The third-order valence-corrected chi connectivity index (χ3v) is 7.18. The maximum absolute atomic E-state index is 15.2. The normalized spacial score (nSPS) is 10.1. The van der Waals surface area contributed by atoms with E-state index in [-0.39, 0.29) is 17.1 Å². The van der Waals surface area contributed by atoms with E-state index >= 15 is 4.39 Å². The number of hydrogen-bond acceptors (Lipinski definition) is 2. The van der Waals surface area contributed by atoms with Crippen molar-refractivity contribution in [1.29, 1.82) is 0 Å². The van der Waals surface area contributed by atoms with Crippen LogP contribution in [0.2, 0.25) is 0 Å². The molecule has 0 spiro atoms. The van der Waals surface area contributed by atoms with Gasteiger partial charge in [-0.1, -0.05) is 105 Å². The van der Waals surface area contributed by atoms with Gasteiger partial charge in [-0.3, -0.25) is 0 Å². The summed E-state index contributed by atoms with van der Waals surface area (Å²) in [5.41, 5.74) is 5.36. The molecule has 6 rings (SSSR count). The van der Waals surface area contributed by atoms with Crippen molar-refractivity contribution in [3.05, 3.63) is 178 Å². The third kappa shape index (κ3) is 8.38. The second-order valence-corrected chi connectivity index (χ2v) is 11.1. The Morgan fingerprint density at radius 1 is 0.349 bits per heavy atom. The number of rotatable bonds is 6. The summed E-state index contributed by atoms with van der Waals surface area (Å²) in [5.74, 6) is -0.535. The minimum Gasteiger partial charge on any atom is -0.412 e. The molecule has 0 aliphatic heterocycles. The van der Waals surface area contributed by atoms with Crippen LogP contribution in [0.3, 0.4) is 0 Å². The molecular weight excluding hydrogens is 674 g/mol. The average Bonchev–Trinajstić information content (AvgIpc) is 2.99. The van der Waals surface area contributed by atoms with Gasteiger partial charge in [-0.15, -0.1) is 0 Å². The predicted octanol–water partition coefficient (Wildman–Crippen LogP) is 11.3. The molecule has 0 aromatic heterocycles. The Morgan fingerprint density at radius 2 is 0.628 bits per heavy atom. The van der Waals surface area contributed by atoms with Gasteiger partial charge in [0.2, 0.25) is 0 Å². The smallest absolute Gasteiger partial charge is 0.127 e. The van der Waals surface area contributed by atoms with Crippen LogP contribution in [-0.2, 0) is 0 Å². The molecule has 7 heteroatoms. The lowest BCUT2D eigenvalue weighted by atomic mass is 10.1. The molecule has 0 amide bonds. The van der Waals surface area contributed by atoms with Crippen molar-refractivity contribution >= 4 is 66.0 Å². The highest BCUT2D eigenvalue weighted by molar-refractivity contribution is 9.11. The van der Waals surface area contributed by atoms with E-state index in [1.165, 1.54) is 12.1 Å².